The summed E-state index contributed by atoms with van der Waals surface area (Å²) in [6.45, 7) is 11.4. The van der Waals surface area contributed by atoms with E-state index in [0.29, 0.717) is 64.1 Å². The minimum atomic E-state index is -1.44. The Bertz CT molecular complexity index is 3380. The summed E-state index contributed by atoms with van der Waals surface area (Å²) in [5, 5.41) is 59.0. The summed E-state index contributed by atoms with van der Waals surface area (Å²) in [5.41, 5.74) is 2.83. The summed E-state index contributed by atoms with van der Waals surface area (Å²) in [7, 11) is 0. The maximum Gasteiger partial charge on any atom is 0.275 e. The normalized spacial score (nSPS) is 18.2. The maximum absolute atomic E-state index is 13.8. The summed E-state index contributed by atoms with van der Waals surface area (Å²) in [4.78, 5) is 114. The number of aromatic nitrogens is 7. The second kappa shape index (κ2) is 24.0. The van der Waals surface area contributed by atoms with Gasteiger partial charge < -0.3 is 47.2 Å². The van der Waals surface area contributed by atoms with Crippen LogP contribution in [0.3, 0.4) is 0 Å². The number of aliphatic hydroxyl groups is 3. The van der Waals surface area contributed by atoms with Gasteiger partial charge in [0.15, 0.2) is 0 Å². The van der Waals surface area contributed by atoms with Crippen molar-refractivity contribution in [2.75, 3.05) is 6.54 Å². The predicted octanol–water partition coefficient (Wildman–Crippen LogP) is 5.35. The first kappa shape index (κ1) is 55.3. The second-order valence-corrected chi connectivity index (χ2v) is 22.6. The van der Waals surface area contributed by atoms with Crippen LogP contribution in [0.4, 0.5) is 0 Å². The zero-order valence-corrected chi connectivity index (χ0v) is 46.3. The number of amides is 6. The average Bonchev–Trinajstić information content (AvgIpc) is 4.26. The van der Waals surface area contributed by atoms with Gasteiger partial charge in [-0.2, -0.15) is 0 Å². The van der Waals surface area contributed by atoms with Crippen molar-refractivity contribution < 1.29 is 44.1 Å². The van der Waals surface area contributed by atoms with Crippen LogP contribution in [0.15, 0.2) is 56.6 Å². The van der Waals surface area contributed by atoms with Crippen LogP contribution in [0.25, 0.3) is 54.8 Å². The molecule has 6 amide bonds. The summed E-state index contributed by atoms with van der Waals surface area (Å²) in [6, 6.07) is 0.144. The van der Waals surface area contributed by atoms with E-state index in [-0.39, 0.29) is 40.9 Å². The van der Waals surface area contributed by atoms with Crippen LogP contribution in [0.2, 0.25) is 0 Å². The molecule has 22 nitrogen and oxygen atoms in total. The zero-order valence-electron chi connectivity index (χ0n) is 41.4. The number of hydrogen-bond acceptors (Lipinski definition) is 22. The highest BCUT2D eigenvalue weighted by molar-refractivity contribution is 7.15. The summed E-state index contributed by atoms with van der Waals surface area (Å²) in [5.74, 6) is -4.03. The highest BCUT2D eigenvalue weighted by atomic mass is 32.1. The van der Waals surface area contributed by atoms with Gasteiger partial charge in [-0.1, -0.05) is 26.0 Å². The van der Waals surface area contributed by atoms with Crippen LogP contribution in [0.5, 0.6) is 0 Å². The van der Waals surface area contributed by atoms with Crippen molar-refractivity contribution in [3.63, 3.8) is 0 Å². The first-order valence-electron chi connectivity index (χ1n) is 23.3. The van der Waals surface area contributed by atoms with Crippen molar-refractivity contribution in [3.8, 4) is 43.4 Å². The Morgan fingerprint density at radius 1 is 0.605 bits per heavy atom. The molecule has 8 heterocycles. The number of fused-ring (bicyclic) bond motifs is 11. The molecular formula is C48H49N13O9S6. The van der Waals surface area contributed by atoms with Crippen LogP contribution in [-0.2, 0) is 9.59 Å². The quantitative estimate of drug-likeness (QED) is 0.0833. The number of aliphatic hydroxyl groups excluding tert-OH is 3. The summed E-state index contributed by atoms with van der Waals surface area (Å²) >= 11 is 7.09. The maximum atomic E-state index is 13.8. The van der Waals surface area contributed by atoms with Gasteiger partial charge in [0, 0.05) is 44.4 Å². The number of rotatable bonds is 10. The molecule has 8 bridgehead atoms. The molecule has 8 rings (SSSR count). The molecule has 1 aliphatic rings. The van der Waals surface area contributed by atoms with Gasteiger partial charge in [0.2, 0.25) is 11.8 Å². The molecule has 0 saturated heterocycles. The molecule has 0 fully saturated rings. The fourth-order valence-electron chi connectivity index (χ4n) is 7.20. The topological polar surface area (TPSA) is 326 Å². The number of carbonyl (C=O) groups excluding carboxylic acids is 6. The van der Waals surface area contributed by atoms with Crippen molar-refractivity contribution in [1.29, 1.82) is 0 Å². The zero-order chi connectivity index (χ0) is 54.5. The lowest BCUT2D eigenvalue weighted by Crippen LogP contribution is -2.53. The smallest absolute Gasteiger partial charge is 0.275 e. The molecule has 6 unspecified atom stereocenters. The van der Waals surface area contributed by atoms with Gasteiger partial charge in [0.25, 0.3) is 23.6 Å². The van der Waals surface area contributed by atoms with Crippen LogP contribution < -0.4 is 31.9 Å². The molecular weight excluding hydrogens is 1100 g/mol. The van der Waals surface area contributed by atoms with E-state index in [0.717, 1.165) is 34.0 Å². The fourth-order valence-corrected chi connectivity index (χ4v) is 12.3. The van der Waals surface area contributed by atoms with E-state index in [1.165, 1.54) is 65.5 Å². The molecule has 0 spiro atoms. The van der Waals surface area contributed by atoms with Crippen LogP contribution in [-0.4, -0.2) is 123 Å². The number of hydrogen-bond donors (Lipinski definition) is 9. The molecule has 6 atom stereocenters. The molecule has 7 aromatic heterocycles. The third-order valence-corrected chi connectivity index (χ3v) is 16.5. The van der Waals surface area contributed by atoms with Crippen molar-refractivity contribution in [1.82, 2.24) is 66.8 Å². The Morgan fingerprint density at radius 2 is 1.14 bits per heavy atom. The van der Waals surface area contributed by atoms with Crippen LogP contribution in [0.1, 0.15) is 111 Å². The van der Waals surface area contributed by atoms with E-state index < -0.39 is 71.9 Å². The van der Waals surface area contributed by atoms with E-state index in [2.05, 4.69) is 51.8 Å². The Kier molecular flexibility index (Phi) is 17.5. The van der Waals surface area contributed by atoms with E-state index in [1.54, 1.807) is 59.7 Å². The van der Waals surface area contributed by atoms with Crippen molar-refractivity contribution >= 4 is 115 Å². The Morgan fingerprint density at radius 3 is 1.79 bits per heavy atom. The molecule has 7 aromatic rings. The first-order chi connectivity index (χ1) is 36.3. The van der Waals surface area contributed by atoms with Gasteiger partial charge >= 0.3 is 0 Å². The predicted molar refractivity (Wildman–Crippen MR) is 291 cm³/mol. The molecule has 9 N–H and O–H groups in total. The highest BCUT2D eigenvalue weighted by Gasteiger charge is 2.32. The number of allylic oxidation sites excluding steroid dienone is 2. The van der Waals surface area contributed by atoms with Crippen molar-refractivity contribution in [2.45, 2.75) is 84.9 Å². The lowest BCUT2D eigenvalue weighted by atomic mass is 10.1. The Balaban J connectivity index is 1.13. The molecule has 1 aliphatic heterocycles. The molecule has 0 aliphatic carbocycles. The van der Waals surface area contributed by atoms with Crippen LogP contribution >= 0.6 is 68.0 Å². The Hall–Kier alpha value is -6.89. The largest absolute Gasteiger partial charge is 0.392 e. The third-order valence-electron chi connectivity index (χ3n) is 11.2. The standard InChI is InChI=1S/C48H49N13O9S6/c1-8-24-44-53-27(13-72-44)36-23(10-11-26(50-36)46-58-32(18-75-46)47-56-31(16-74-47)40(68)60-34(21(6)63)41(69)49-12-20(5)62)43-54-29(14-71-43)39(67)61-35(22(7)64)42(70)52-25(9-2)45-55-30(15-73-45)38(66)59-33(19(3)4)48-57-28(17-76-48)37(65)51-24/h8-11,13-22,33-35,62-64H,12H2,1-7H3,(H,49,69)(H,51,65)(H,52,70)(H,59,66)(H,60,68)(H,61,67)/b24-8-,25-9-. The number of carbonyl (C=O) groups is 6. The minimum absolute atomic E-state index is 0.00971. The van der Waals surface area contributed by atoms with Gasteiger partial charge in [-0.25, -0.2) is 34.9 Å². The summed E-state index contributed by atoms with van der Waals surface area (Å²) in [6.07, 6.45) is -0.152. The second-order valence-electron chi connectivity index (χ2n) is 17.4. The van der Waals surface area contributed by atoms with Crippen molar-refractivity contribution in [2.24, 2.45) is 5.92 Å². The number of thiazole rings is 6. The highest BCUT2D eigenvalue weighted by Crippen LogP contribution is 2.38. The van der Waals surface area contributed by atoms with Gasteiger partial charge in [-0.15, -0.1) is 68.0 Å². The molecule has 0 radical (unpaired) electrons. The summed E-state index contributed by atoms with van der Waals surface area (Å²) < 4.78 is 0. The van der Waals surface area contributed by atoms with E-state index in [4.69, 9.17) is 15.0 Å². The number of pyridine rings is 1. The third kappa shape index (κ3) is 12.5. The molecule has 76 heavy (non-hydrogen) atoms. The van der Waals surface area contributed by atoms with Gasteiger partial charge in [-0.05, 0) is 52.7 Å². The lowest BCUT2D eigenvalue weighted by Gasteiger charge is -2.21. The Labute approximate surface area is 458 Å². The molecule has 0 aromatic carbocycles. The van der Waals surface area contributed by atoms with Gasteiger partial charge in [-0.3, -0.25) is 28.8 Å². The number of nitrogens with one attached hydrogen (secondary N) is 6. The first-order valence-corrected chi connectivity index (χ1v) is 28.6. The average molecular weight is 1140 g/mol. The monoisotopic (exact) mass is 1140 g/mol. The molecule has 28 heteroatoms. The fraction of sp³-hybridized carbons (Fsp3) is 0.312. The van der Waals surface area contributed by atoms with Crippen LogP contribution in [0, 0.1) is 5.92 Å². The van der Waals surface area contributed by atoms with E-state index >= 15 is 0 Å². The van der Waals surface area contributed by atoms with E-state index in [1.807, 2.05) is 13.8 Å². The molecule has 396 valence electrons. The number of nitrogens with zero attached hydrogens (tertiary/aromatic N) is 7. The van der Waals surface area contributed by atoms with Gasteiger partial charge in [0.1, 0.15) is 82.0 Å². The minimum Gasteiger partial charge on any atom is -0.392 e. The van der Waals surface area contributed by atoms with Crippen molar-refractivity contribution in [3.05, 3.63) is 94.4 Å². The van der Waals surface area contributed by atoms with E-state index in [9.17, 15) is 44.1 Å². The molecule has 0 saturated carbocycles. The lowest BCUT2D eigenvalue weighted by molar-refractivity contribution is -0.126. The van der Waals surface area contributed by atoms with Gasteiger partial charge in [0.05, 0.1) is 41.4 Å². The SMILES string of the molecule is C/C=C1\NC(=O)c2csc(n2)C(C(C)C)NC(=O)c2csc(n2)/C(=C/C)NC(=O)C(C(C)O)NC(=O)c2csc(n2)-c2ccc(-c3nc(-c4nc(C(=O)NC(C(=O)NCC(C)O)C(C)O)cs4)cs3)nc2-c2csc1n2.